The predicted molar refractivity (Wildman–Crippen MR) is 89.9 cm³/mol. The Morgan fingerprint density at radius 1 is 0.680 bits per heavy atom. The van der Waals surface area contributed by atoms with Gasteiger partial charge in [0.15, 0.2) is 0 Å². The van der Waals surface area contributed by atoms with Gasteiger partial charge in [-0.25, -0.2) is 9.59 Å². The summed E-state index contributed by atoms with van der Waals surface area (Å²) in [5.74, 6) is 0.860. The molecule has 0 spiro atoms. The molecule has 2 aromatic rings. The Morgan fingerprint density at radius 2 is 1.12 bits per heavy atom. The summed E-state index contributed by atoms with van der Waals surface area (Å²) in [6, 6.07) is 18.1. The number of ether oxygens (including phenoxy) is 2. The maximum atomic E-state index is 12.3. The molecule has 4 atom stereocenters. The van der Waals surface area contributed by atoms with E-state index in [4.69, 9.17) is 9.47 Å². The van der Waals surface area contributed by atoms with Gasteiger partial charge in [-0.2, -0.15) is 0 Å². The summed E-state index contributed by atoms with van der Waals surface area (Å²) in [5.41, 5.74) is 1.14. The van der Waals surface area contributed by atoms with Crippen molar-refractivity contribution in [2.24, 2.45) is 23.7 Å². The summed E-state index contributed by atoms with van der Waals surface area (Å²) in [6.07, 6.45) is 0.766. The number of carbonyl (C=O) groups excluding carboxylic acids is 2. The molecular formula is C21H18O4. The van der Waals surface area contributed by atoms with Crippen molar-refractivity contribution in [3.8, 4) is 0 Å². The van der Waals surface area contributed by atoms with Gasteiger partial charge in [-0.1, -0.05) is 36.4 Å². The minimum Gasteiger partial charge on any atom is -0.458 e. The van der Waals surface area contributed by atoms with Crippen LogP contribution in [0.5, 0.6) is 0 Å². The second-order valence-corrected chi connectivity index (χ2v) is 7.19. The number of esters is 2. The summed E-state index contributed by atoms with van der Waals surface area (Å²) in [5, 5.41) is 0. The zero-order valence-electron chi connectivity index (χ0n) is 13.6. The zero-order valence-corrected chi connectivity index (χ0v) is 13.6. The monoisotopic (exact) mass is 334 g/mol. The quantitative estimate of drug-likeness (QED) is 0.805. The van der Waals surface area contributed by atoms with Crippen LogP contribution >= 0.6 is 0 Å². The van der Waals surface area contributed by atoms with Crippen molar-refractivity contribution >= 4 is 11.9 Å². The van der Waals surface area contributed by atoms with Crippen molar-refractivity contribution in [3.63, 3.8) is 0 Å². The van der Waals surface area contributed by atoms with E-state index in [1.54, 1.807) is 24.3 Å². The van der Waals surface area contributed by atoms with Gasteiger partial charge in [0.2, 0.25) is 0 Å². The molecule has 4 saturated carbocycles. The molecule has 4 nitrogen and oxygen atoms in total. The van der Waals surface area contributed by atoms with E-state index in [0.29, 0.717) is 28.9 Å². The molecule has 4 bridgehead atoms. The van der Waals surface area contributed by atoms with Gasteiger partial charge < -0.3 is 9.47 Å². The Morgan fingerprint density at radius 3 is 1.52 bits per heavy atom. The van der Waals surface area contributed by atoms with Crippen molar-refractivity contribution in [2.75, 3.05) is 0 Å². The highest BCUT2D eigenvalue weighted by Crippen LogP contribution is 2.72. The third-order valence-corrected chi connectivity index (χ3v) is 5.94. The smallest absolute Gasteiger partial charge is 0.338 e. The van der Waals surface area contributed by atoms with Crippen LogP contribution in [0, 0.1) is 23.7 Å². The van der Waals surface area contributed by atoms with Crippen molar-refractivity contribution in [3.05, 3.63) is 71.8 Å². The van der Waals surface area contributed by atoms with E-state index in [1.165, 1.54) is 0 Å². The molecule has 0 amide bonds. The maximum absolute atomic E-state index is 12.3. The predicted octanol–water partition coefficient (Wildman–Crippen LogP) is 3.33. The summed E-state index contributed by atoms with van der Waals surface area (Å²) < 4.78 is 11.6. The first kappa shape index (κ1) is 14.7. The lowest BCUT2D eigenvalue weighted by molar-refractivity contribution is -0.00379. The molecule has 4 heteroatoms. The first-order chi connectivity index (χ1) is 12.2. The molecular weight excluding hydrogens is 316 g/mol. The van der Waals surface area contributed by atoms with Crippen LogP contribution in [0.2, 0.25) is 0 Å². The fraction of sp³-hybridized carbons (Fsp3) is 0.333. The highest BCUT2D eigenvalue weighted by atomic mass is 16.6. The number of benzene rings is 2. The summed E-state index contributed by atoms with van der Waals surface area (Å²) >= 11 is 0. The van der Waals surface area contributed by atoms with E-state index < -0.39 is 0 Å². The van der Waals surface area contributed by atoms with E-state index in [9.17, 15) is 9.59 Å². The molecule has 126 valence electrons. The average molecular weight is 334 g/mol. The minimum absolute atomic E-state index is 0.115. The van der Waals surface area contributed by atoms with Gasteiger partial charge in [0.1, 0.15) is 12.2 Å². The highest BCUT2D eigenvalue weighted by molar-refractivity contribution is 5.90. The van der Waals surface area contributed by atoms with Gasteiger partial charge in [-0.05, 0) is 36.6 Å². The third kappa shape index (κ3) is 2.28. The molecule has 2 aromatic carbocycles. The fourth-order valence-corrected chi connectivity index (χ4v) is 4.87. The zero-order chi connectivity index (χ0) is 17.0. The number of rotatable bonds is 4. The van der Waals surface area contributed by atoms with Gasteiger partial charge in [0.25, 0.3) is 0 Å². The Balaban J connectivity index is 1.28. The van der Waals surface area contributed by atoms with E-state index in [0.717, 1.165) is 6.42 Å². The lowest BCUT2D eigenvalue weighted by Crippen LogP contribution is -2.29. The highest BCUT2D eigenvalue weighted by Gasteiger charge is 2.76. The molecule has 0 N–H and O–H groups in total. The molecule has 2 unspecified atom stereocenters. The number of hydrogen-bond donors (Lipinski definition) is 0. The van der Waals surface area contributed by atoms with E-state index in [2.05, 4.69) is 0 Å². The lowest BCUT2D eigenvalue weighted by atomic mass is 10.1. The van der Waals surface area contributed by atoms with Crippen molar-refractivity contribution in [1.82, 2.24) is 0 Å². The second-order valence-electron chi connectivity index (χ2n) is 7.19. The van der Waals surface area contributed by atoms with Crippen molar-refractivity contribution < 1.29 is 19.1 Å². The largest absolute Gasteiger partial charge is 0.458 e. The first-order valence-electron chi connectivity index (χ1n) is 8.76. The normalized spacial score (nSPS) is 33.8. The SMILES string of the molecule is O=C(O[C@@H]1C2C3CC1[C@H](OC(=O)c1ccccc1)C32)c1ccccc1. The summed E-state index contributed by atoms with van der Waals surface area (Å²) in [4.78, 5) is 24.7. The van der Waals surface area contributed by atoms with Crippen LogP contribution in [0.3, 0.4) is 0 Å². The van der Waals surface area contributed by atoms with Gasteiger partial charge >= 0.3 is 11.9 Å². The van der Waals surface area contributed by atoms with Crippen LogP contribution in [-0.2, 0) is 9.47 Å². The molecule has 0 saturated heterocycles. The summed E-state index contributed by atoms with van der Waals surface area (Å²) in [6.45, 7) is 0. The van der Waals surface area contributed by atoms with Crippen LogP contribution < -0.4 is 0 Å². The topological polar surface area (TPSA) is 52.6 Å². The lowest BCUT2D eigenvalue weighted by Gasteiger charge is -2.21. The molecule has 0 radical (unpaired) electrons. The fourth-order valence-electron chi connectivity index (χ4n) is 4.87. The minimum atomic E-state index is -0.281. The first-order valence-corrected chi connectivity index (χ1v) is 8.76. The van der Waals surface area contributed by atoms with E-state index in [1.807, 2.05) is 36.4 Å². The van der Waals surface area contributed by atoms with Gasteiger partial charge in [0, 0.05) is 17.8 Å². The van der Waals surface area contributed by atoms with Gasteiger partial charge in [-0.15, -0.1) is 0 Å². The van der Waals surface area contributed by atoms with E-state index >= 15 is 0 Å². The maximum Gasteiger partial charge on any atom is 0.338 e. The summed E-state index contributed by atoms with van der Waals surface area (Å²) in [7, 11) is 0. The van der Waals surface area contributed by atoms with E-state index in [-0.39, 0.29) is 30.1 Å². The van der Waals surface area contributed by atoms with Crippen LogP contribution in [0.1, 0.15) is 27.1 Å². The Hall–Kier alpha value is -2.62. The number of carbonyl (C=O) groups is 2. The molecule has 4 aliphatic rings. The van der Waals surface area contributed by atoms with Crippen LogP contribution in [0.25, 0.3) is 0 Å². The molecule has 25 heavy (non-hydrogen) atoms. The molecule has 0 aromatic heterocycles. The standard InChI is InChI=1S/C21H18O4/c22-20(12-7-3-1-4-8-12)24-18-15-11-14-16(18)17(14)19(15)25-21(23)13-9-5-2-6-10-13/h1-10,14-19H,11H2/t14?,15?,16?,17?,18-,19-/m0/s1. The van der Waals surface area contributed by atoms with Crippen LogP contribution in [0.15, 0.2) is 60.7 Å². The van der Waals surface area contributed by atoms with Gasteiger partial charge in [-0.3, -0.25) is 0 Å². The van der Waals surface area contributed by atoms with Crippen molar-refractivity contribution in [1.29, 1.82) is 0 Å². The molecule has 0 aliphatic heterocycles. The number of hydrogen-bond acceptors (Lipinski definition) is 4. The molecule has 6 rings (SSSR count). The average Bonchev–Trinajstić information content (AvgIpc) is 2.91. The van der Waals surface area contributed by atoms with Crippen LogP contribution in [-0.4, -0.2) is 24.1 Å². The third-order valence-electron chi connectivity index (χ3n) is 5.94. The van der Waals surface area contributed by atoms with Crippen LogP contribution in [0.4, 0.5) is 0 Å². The Kier molecular flexibility index (Phi) is 3.20. The Labute approximate surface area is 145 Å². The molecule has 4 aliphatic carbocycles. The molecule has 0 heterocycles. The second kappa shape index (κ2) is 5.45. The Bertz CT molecular complexity index is 749. The van der Waals surface area contributed by atoms with Crippen molar-refractivity contribution in [2.45, 2.75) is 18.6 Å². The van der Waals surface area contributed by atoms with Gasteiger partial charge in [0.05, 0.1) is 11.1 Å². The molecule has 4 fully saturated rings.